The Kier molecular flexibility index (Phi) is 7.87. The summed E-state index contributed by atoms with van der Waals surface area (Å²) in [6, 6.07) is 15.4. The van der Waals surface area contributed by atoms with Crippen LogP contribution in [0.25, 0.3) is 11.3 Å². The van der Waals surface area contributed by atoms with Crippen LogP contribution in [0.3, 0.4) is 0 Å². The molecule has 1 aromatic heterocycles. The largest absolute Gasteiger partial charge is 0.353 e. The number of hydrogen-bond acceptors (Lipinski definition) is 5. The number of halogens is 2. The molecule has 7 nitrogen and oxygen atoms in total. The van der Waals surface area contributed by atoms with Crippen LogP contribution in [0.5, 0.6) is 0 Å². The summed E-state index contributed by atoms with van der Waals surface area (Å²) in [6.07, 6.45) is 0.732. The van der Waals surface area contributed by atoms with E-state index in [0.29, 0.717) is 37.7 Å². The van der Waals surface area contributed by atoms with Gasteiger partial charge in [-0.05, 0) is 68.8 Å². The van der Waals surface area contributed by atoms with Crippen LogP contribution >= 0.6 is 0 Å². The van der Waals surface area contributed by atoms with Crippen LogP contribution in [0.2, 0.25) is 0 Å². The first-order valence-electron chi connectivity index (χ1n) is 12.0. The summed E-state index contributed by atoms with van der Waals surface area (Å²) < 4.78 is 27.4. The van der Waals surface area contributed by atoms with E-state index in [2.05, 4.69) is 15.1 Å². The zero-order valence-corrected chi connectivity index (χ0v) is 20.4. The van der Waals surface area contributed by atoms with Crippen LogP contribution in [0.4, 0.5) is 14.6 Å². The molecule has 4 rings (SSSR count). The van der Waals surface area contributed by atoms with Crippen LogP contribution in [0.1, 0.15) is 30.6 Å². The minimum atomic E-state index is -0.599. The smallest absolute Gasteiger partial charge is 0.257 e. The van der Waals surface area contributed by atoms with E-state index in [-0.39, 0.29) is 29.9 Å². The molecule has 0 atom stereocenters. The first-order chi connectivity index (χ1) is 17.3. The highest BCUT2D eigenvalue weighted by Crippen LogP contribution is 2.20. The van der Waals surface area contributed by atoms with Crippen LogP contribution in [0, 0.1) is 11.6 Å². The molecule has 9 heteroatoms. The maximum absolute atomic E-state index is 14.2. The number of carbonyl (C=O) groups excluding carboxylic acids is 2. The maximum atomic E-state index is 14.2. The molecule has 0 unspecified atom stereocenters. The molecule has 1 fully saturated rings. The van der Waals surface area contributed by atoms with Gasteiger partial charge in [0.25, 0.3) is 5.91 Å². The Morgan fingerprint density at radius 3 is 2.33 bits per heavy atom. The average molecular weight is 494 g/mol. The van der Waals surface area contributed by atoms with Crippen molar-refractivity contribution >= 4 is 17.6 Å². The molecule has 36 heavy (non-hydrogen) atoms. The Hall–Kier alpha value is -3.88. The van der Waals surface area contributed by atoms with E-state index in [9.17, 15) is 18.4 Å². The fourth-order valence-corrected chi connectivity index (χ4v) is 4.19. The number of amides is 2. The predicted octanol–water partition coefficient (Wildman–Crippen LogP) is 4.01. The fraction of sp³-hybridized carbons (Fsp3) is 0.333. The van der Waals surface area contributed by atoms with Gasteiger partial charge in [-0.25, -0.2) is 8.78 Å². The van der Waals surface area contributed by atoms with E-state index in [1.54, 1.807) is 23.1 Å². The monoisotopic (exact) mass is 493 g/mol. The summed E-state index contributed by atoms with van der Waals surface area (Å²) in [5.74, 6) is -0.872. The molecule has 188 valence electrons. The van der Waals surface area contributed by atoms with Gasteiger partial charge in [0.15, 0.2) is 5.82 Å². The summed E-state index contributed by atoms with van der Waals surface area (Å²) in [7, 11) is 0. The third-order valence-corrected chi connectivity index (χ3v) is 6.26. The minimum absolute atomic E-state index is 0.0382. The number of nitrogens with zero attached hydrogens (tertiary/aromatic N) is 5. The number of aromatic nitrogens is 2. The van der Waals surface area contributed by atoms with Gasteiger partial charge in [-0.3, -0.25) is 9.59 Å². The molecule has 0 radical (unpaired) electrons. The predicted molar refractivity (Wildman–Crippen MR) is 133 cm³/mol. The average Bonchev–Trinajstić information content (AvgIpc) is 3.14. The number of rotatable bonds is 6. The second-order valence-corrected chi connectivity index (χ2v) is 9.01. The topological polar surface area (TPSA) is 69.6 Å². The Morgan fingerprint density at radius 2 is 1.67 bits per heavy atom. The molecule has 0 aliphatic carbocycles. The summed E-state index contributed by atoms with van der Waals surface area (Å²) in [4.78, 5) is 31.3. The van der Waals surface area contributed by atoms with Crippen molar-refractivity contribution in [3.63, 3.8) is 0 Å². The Balaban J connectivity index is 1.38. The van der Waals surface area contributed by atoms with E-state index >= 15 is 0 Å². The number of anilines is 1. The molecule has 3 aromatic rings. The summed E-state index contributed by atoms with van der Waals surface area (Å²) in [5, 5.41) is 8.62. The zero-order valence-electron chi connectivity index (χ0n) is 20.4. The van der Waals surface area contributed by atoms with E-state index in [0.717, 1.165) is 12.0 Å². The number of benzene rings is 2. The van der Waals surface area contributed by atoms with Crippen molar-refractivity contribution in [1.82, 2.24) is 20.0 Å². The lowest BCUT2D eigenvalue weighted by Crippen LogP contribution is -2.47. The third kappa shape index (κ3) is 5.84. The maximum Gasteiger partial charge on any atom is 0.257 e. The van der Waals surface area contributed by atoms with Crippen LogP contribution in [-0.2, 0) is 4.79 Å². The highest BCUT2D eigenvalue weighted by Gasteiger charge is 2.27. The van der Waals surface area contributed by atoms with Crippen molar-refractivity contribution in [2.24, 2.45) is 0 Å². The molecule has 0 saturated carbocycles. The molecular weight excluding hydrogens is 464 g/mol. The lowest BCUT2D eigenvalue weighted by atomic mass is 10.1. The van der Waals surface area contributed by atoms with Gasteiger partial charge < -0.3 is 14.7 Å². The van der Waals surface area contributed by atoms with Gasteiger partial charge in [0, 0.05) is 37.8 Å². The first kappa shape index (κ1) is 25.2. The second-order valence-electron chi connectivity index (χ2n) is 9.01. The van der Waals surface area contributed by atoms with Crippen molar-refractivity contribution in [3.8, 4) is 11.3 Å². The summed E-state index contributed by atoms with van der Waals surface area (Å²) >= 11 is 0. The van der Waals surface area contributed by atoms with Crippen LogP contribution < -0.4 is 4.90 Å². The van der Waals surface area contributed by atoms with E-state index in [1.165, 1.54) is 35.2 Å². The minimum Gasteiger partial charge on any atom is -0.353 e. The van der Waals surface area contributed by atoms with E-state index < -0.39 is 11.7 Å². The quantitative estimate of drug-likeness (QED) is 0.519. The first-order valence-corrected chi connectivity index (χ1v) is 12.0. The normalized spacial score (nSPS) is 14.0. The van der Waals surface area contributed by atoms with Crippen molar-refractivity contribution in [1.29, 1.82) is 0 Å². The number of hydrogen-bond donors (Lipinski definition) is 0. The summed E-state index contributed by atoms with van der Waals surface area (Å²) in [6.45, 7) is 5.80. The van der Waals surface area contributed by atoms with E-state index in [4.69, 9.17) is 0 Å². The molecule has 0 N–H and O–H groups in total. The van der Waals surface area contributed by atoms with Gasteiger partial charge in [0.1, 0.15) is 18.2 Å². The fourth-order valence-electron chi connectivity index (χ4n) is 4.19. The van der Waals surface area contributed by atoms with E-state index in [1.807, 2.05) is 26.0 Å². The zero-order chi connectivity index (χ0) is 25.7. The Morgan fingerprint density at radius 1 is 0.917 bits per heavy atom. The van der Waals surface area contributed by atoms with Crippen molar-refractivity contribution in [3.05, 3.63) is 77.9 Å². The van der Waals surface area contributed by atoms with Crippen LogP contribution in [-0.4, -0.2) is 70.6 Å². The number of carbonyl (C=O) groups is 2. The van der Waals surface area contributed by atoms with Gasteiger partial charge >= 0.3 is 0 Å². The van der Waals surface area contributed by atoms with Gasteiger partial charge in [-0.2, -0.15) is 0 Å². The highest BCUT2D eigenvalue weighted by molar-refractivity contribution is 5.97. The highest BCUT2D eigenvalue weighted by atomic mass is 19.1. The third-order valence-electron chi connectivity index (χ3n) is 6.26. The van der Waals surface area contributed by atoms with Crippen LogP contribution in [0.15, 0.2) is 60.7 Å². The SMILES string of the molecule is CC(C)N(CC(=O)N1CCCN(c2ccc(-c3ccc(F)cc3)nn2)CC1)C(=O)c1ccccc1F. The lowest BCUT2D eigenvalue weighted by molar-refractivity contribution is -0.132. The van der Waals surface area contributed by atoms with Gasteiger partial charge in [0.05, 0.1) is 11.3 Å². The molecular formula is C27H29F2N5O2. The van der Waals surface area contributed by atoms with Gasteiger partial charge in [-0.15, -0.1) is 10.2 Å². The molecule has 2 heterocycles. The Bertz CT molecular complexity index is 1200. The molecule has 1 aliphatic heterocycles. The molecule has 2 amide bonds. The molecule has 0 bridgehead atoms. The van der Waals surface area contributed by atoms with Crippen molar-refractivity contribution in [2.45, 2.75) is 26.3 Å². The van der Waals surface area contributed by atoms with Crippen molar-refractivity contribution in [2.75, 3.05) is 37.6 Å². The molecule has 0 spiro atoms. The van der Waals surface area contributed by atoms with Gasteiger partial charge in [0.2, 0.25) is 5.91 Å². The molecule has 2 aromatic carbocycles. The summed E-state index contributed by atoms with van der Waals surface area (Å²) in [5.41, 5.74) is 1.39. The molecule has 1 aliphatic rings. The van der Waals surface area contributed by atoms with Crippen molar-refractivity contribution < 1.29 is 18.4 Å². The van der Waals surface area contributed by atoms with Gasteiger partial charge in [-0.1, -0.05) is 12.1 Å². The second kappa shape index (κ2) is 11.2. The lowest BCUT2D eigenvalue weighted by Gasteiger charge is -2.29. The molecule has 1 saturated heterocycles. The Labute approximate surface area is 209 Å². The standard InChI is InChI=1S/C27H29F2N5O2/c1-19(2)34(27(36)22-6-3-4-7-23(22)29)18-26(35)33-15-5-14-32(16-17-33)25-13-12-24(30-31-25)20-8-10-21(28)11-9-20/h3-4,6-13,19H,5,14-18H2,1-2H3.